The Morgan fingerprint density at radius 2 is 2.00 bits per heavy atom. The smallest absolute Gasteiger partial charge is 0.183 e. The maximum atomic E-state index is 10.1. The third-order valence-electron chi connectivity index (χ3n) is 3.56. The monoisotopic (exact) mass is 295 g/mol. The van der Waals surface area contributed by atoms with Gasteiger partial charge in [-0.3, -0.25) is 4.57 Å². The molecular formula is C12H17N5O4. The molecule has 1 saturated heterocycles. The van der Waals surface area contributed by atoms with Crippen LogP contribution in [0.15, 0.2) is 12.7 Å². The van der Waals surface area contributed by atoms with E-state index in [-0.39, 0.29) is 6.61 Å². The van der Waals surface area contributed by atoms with E-state index in [1.54, 1.807) is 9.47 Å². The second-order valence-electron chi connectivity index (χ2n) is 5.14. The molecule has 0 bridgehead atoms. The molecule has 4 atom stereocenters. The minimum atomic E-state index is -1.17. The lowest BCUT2D eigenvalue weighted by Crippen LogP contribution is -2.33. The molecule has 1 aliphatic heterocycles. The molecule has 0 spiro atoms. The van der Waals surface area contributed by atoms with Crippen LogP contribution in [0.1, 0.15) is 6.23 Å². The van der Waals surface area contributed by atoms with E-state index in [2.05, 4.69) is 15.0 Å². The molecular weight excluding hydrogens is 278 g/mol. The van der Waals surface area contributed by atoms with Crippen LogP contribution in [0.2, 0.25) is 0 Å². The van der Waals surface area contributed by atoms with Crippen molar-refractivity contribution in [1.29, 1.82) is 0 Å². The van der Waals surface area contributed by atoms with E-state index in [1.165, 1.54) is 12.7 Å². The van der Waals surface area contributed by atoms with Gasteiger partial charge in [-0.1, -0.05) is 0 Å². The van der Waals surface area contributed by atoms with Crippen molar-refractivity contribution in [1.82, 2.24) is 19.5 Å². The van der Waals surface area contributed by atoms with Crippen LogP contribution in [0, 0.1) is 0 Å². The quantitative estimate of drug-likeness (QED) is 0.626. The highest BCUT2D eigenvalue weighted by atomic mass is 16.6. The summed E-state index contributed by atoms with van der Waals surface area (Å²) < 4.78 is 7.10. The summed E-state index contributed by atoms with van der Waals surface area (Å²) in [5.41, 5.74) is 1.06. The number of aliphatic hydroxyl groups is 3. The van der Waals surface area contributed by atoms with Crippen molar-refractivity contribution in [3.63, 3.8) is 0 Å². The predicted octanol–water partition coefficient (Wildman–Crippen LogP) is -1.50. The Morgan fingerprint density at radius 1 is 1.24 bits per heavy atom. The number of rotatable bonds is 3. The van der Waals surface area contributed by atoms with Gasteiger partial charge in [-0.15, -0.1) is 0 Å². The van der Waals surface area contributed by atoms with Crippen LogP contribution in [0.4, 0.5) is 5.82 Å². The lowest BCUT2D eigenvalue weighted by Gasteiger charge is -2.19. The van der Waals surface area contributed by atoms with Crippen LogP contribution in [0.3, 0.4) is 0 Å². The molecule has 0 amide bonds. The molecule has 1 aliphatic rings. The van der Waals surface area contributed by atoms with E-state index in [1.807, 2.05) is 14.1 Å². The zero-order chi connectivity index (χ0) is 15.1. The van der Waals surface area contributed by atoms with Crippen molar-refractivity contribution >= 4 is 17.0 Å². The summed E-state index contributed by atoms with van der Waals surface area (Å²) in [6.07, 6.45) is -1.14. The van der Waals surface area contributed by atoms with Crippen molar-refractivity contribution in [2.75, 3.05) is 25.6 Å². The molecule has 0 aliphatic carbocycles. The molecule has 0 aromatic carbocycles. The number of aromatic nitrogens is 4. The van der Waals surface area contributed by atoms with Crippen LogP contribution in [0.5, 0.6) is 0 Å². The molecule has 4 unspecified atom stereocenters. The first-order valence-corrected chi connectivity index (χ1v) is 6.52. The fourth-order valence-electron chi connectivity index (χ4n) is 2.49. The fraction of sp³-hybridized carbons (Fsp3) is 0.583. The van der Waals surface area contributed by atoms with Gasteiger partial charge in [0.2, 0.25) is 0 Å². The zero-order valence-corrected chi connectivity index (χ0v) is 11.7. The van der Waals surface area contributed by atoms with E-state index < -0.39 is 24.5 Å². The first kappa shape index (κ1) is 14.1. The third kappa shape index (κ3) is 2.14. The Balaban J connectivity index is 2.09. The Bertz CT molecular complexity index is 646. The van der Waals surface area contributed by atoms with Gasteiger partial charge >= 0.3 is 0 Å². The Morgan fingerprint density at radius 3 is 2.62 bits per heavy atom. The van der Waals surface area contributed by atoms with Gasteiger partial charge in [0.25, 0.3) is 0 Å². The second kappa shape index (κ2) is 5.19. The summed E-state index contributed by atoms with van der Waals surface area (Å²) in [5.74, 6) is 0.621. The summed E-state index contributed by atoms with van der Waals surface area (Å²) in [7, 11) is 3.66. The standard InChI is InChI=1S/C12H17N5O4/c1-16(2)11-7-10(13-4-14-11)15-5-17(7)12-9(20)8(19)6(3-18)21-12/h4-6,8-9,12,18-20H,3H2,1-2H3. The minimum absolute atomic E-state index is 0.377. The van der Waals surface area contributed by atoms with E-state index in [4.69, 9.17) is 4.74 Å². The van der Waals surface area contributed by atoms with Gasteiger partial charge in [-0.05, 0) is 0 Å². The molecule has 1 fully saturated rings. The van der Waals surface area contributed by atoms with Crippen LogP contribution < -0.4 is 4.90 Å². The molecule has 2 aromatic rings. The molecule has 0 saturated carbocycles. The molecule has 3 rings (SSSR count). The number of hydrogen-bond donors (Lipinski definition) is 3. The largest absolute Gasteiger partial charge is 0.394 e. The van der Waals surface area contributed by atoms with Crippen LogP contribution in [-0.4, -0.2) is 73.9 Å². The van der Waals surface area contributed by atoms with Gasteiger partial charge in [-0.25, -0.2) is 15.0 Å². The van der Waals surface area contributed by atoms with Crippen molar-refractivity contribution in [3.8, 4) is 0 Å². The number of fused-ring (bicyclic) bond motifs is 1. The highest BCUT2D eigenvalue weighted by Gasteiger charge is 2.44. The van der Waals surface area contributed by atoms with Crippen molar-refractivity contribution in [2.24, 2.45) is 0 Å². The van der Waals surface area contributed by atoms with Gasteiger partial charge in [0.1, 0.15) is 36.5 Å². The van der Waals surface area contributed by atoms with Crippen LogP contribution in [0.25, 0.3) is 11.2 Å². The molecule has 9 nitrogen and oxygen atoms in total. The second-order valence-corrected chi connectivity index (χ2v) is 5.14. The van der Waals surface area contributed by atoms with Gasteiger partial charge in [0.05, 0.1) is 6.61 Å². The third-order valence-corrected chi connectivity index (χ3v) is 3.56. The van der Waals surface area contributed by atoms with E-state index in [9.17, 15) is 15.3 Å². The molecule has 3 heterocycles. The Hall–Kier alpha value is -1.81. The average Bonchev–Trinajstić information content (AvgIpc) is 3.01. The number of imidazole rings is 1. The van der Waals surface area contributed by atoms with E-state index in [0.29, 0.717) is 17.0 Å². The summed E-state index contributed by atoms with van der Waals surface area (Å²) in [5, 5.41) is 29.2. The van der Waals surface area contributed by atoms with Gasteiger partial charge < -0.3 is 25.0 Å². The van der Waals surface area contributed by atoms with Gasteiger partial charge in [-0.2, -0.15) is 0 Å². The normalized spacial score (nSPS) is 29.2. The summed E-state index contributed by atoms with van der Waals surface area (Å²) >= 11 is 0. The number of hydrogen-bond acceptors (Lipinski definition) is 8. The predicted molar refractivity (Wildman–Crippen MR) is 72.7 cm³/mol. The van der Waals surface area contributed by atoms with Crippen LogP contribution >= 0.6 is 0 Å². The maximum Gasteiger partial charge on any atom is 0.183 e. The minimum Gasteiger partial charge on any atom is -0.394 e. The van der Waals surface area contributed by atoms with Crippen molar-refractivity contribution in [3.05, 3.63) is 12.7 Å². The van der Waals surface area contributed by atoms with Gasteiger partial charge in [0, 0.05) is 14.1 Å². The molecule has 0 radical (unpaired) electrons. The number of ether oxygens (including phenoxy) is 1. The van der Waals surface area contributed by atoms with Crippen molar-refractivity contribution < 1.29 is 20.1 Å². The van der Waals surface area contributed by atoms with E-state index in [0.717, 1.165) is 0 Å². The number of nitrogens with zero attached hydrogens (tertiary/aromatic N) is 5. The fourth-order valence-corrected chi connectivity index (χ4v) is 2.49. The first-order chi connectivity index (χ1) is 10.0. The Kier molecular flexibility index (Phi) is 3.49. The highest BCUT2D eigenvalue weighted by molar-refractivity contribution is 5.83. The first-order valence-electron chi connectivity index (χ1n) is 6.52. The summed E-state index contributed by atoms with van der Waals surface area (Å²) in [6, 6.07) is 0. The summed E-state index contributed by atoms with van der Waals surface area (Å²) in [4.78, 5) is 14.2. The zero-order valence-electron chi connectivity index (χ0n) is 11.7. The topological polar surface area (TPSA) is 117 Å². The molecule has 2 aromatic heterocycles. The highest BCUT2D eigenvalue weighted by Crippen LogP contribution is 2.33. The van der Waals surface area contributed by atoms with E-state index >= 15 is 0 Å². The maximum absolute atomic E-state index is 10.1. The molecule has 3 N–H and O–H groups in total. The molecule has 21 heavy (non-hydrogen) atoms. The Labute approximate surface area is 120 Å². The van der Waals surface area contributed by atoms with Crippen LogP contribution in [-0.2, 0) is 4.74 Å². The molecule has 9 heteroatoms. The number of anilines is 1. The van der Waals surface area contributed by atoms with Gasteiger partial charge in [0.15, 0.2) is 17.7 Å². The summed E-state index contributed by atoms with van der Waals surface area (Å²) in [6.45, 7) is -0.377. The van der Waals surface area contributed by atoms with Crippen molar-refractivity contribution in [2.45, 2.75) is 24.5 Å². The lowest BCUT2D eigenvalue weighted by molar-refractivity contribution is -0.0508. The average molecular weight is 295 g/mol. The SMILES string of the molecule is CN(C)c1ncnc2ncn(C3OC(CO)C(O)C3O)c12. The number of aliphatic hydroxyl groups excluding tert-OH is 3. The lowest BCUT2D eigenvalue weighted by atomic mass is 10.1. The molecule has 114 valence electrons.